The molecule has 0 atom stereocenters. The van der Waals surface area contributed by atoms with Crippen molar-refractivity contribution in [1.29, 1.82) is 0 Å². The Morgan fingerprint density at radius 2 is 1.90 bits per heavy atom. The number of methoxy groups -OCH3 is 1. The Kier molecular flexibility index (Phi) is 8.48. The molecular weight excluding hydrogens is 392 g/mol. The Balaban J connectivity index is 2.00. The lowest BCUT2D eigenvalue weighted by molar-refractivity contribution is -0.116. The van der Waals surface area contributed by atoms with Gasteiger partial charge in [0.15, 0.2) is 0 Å². The molecule has 0 bridgehead atoms. The van der Waals surface area contributed by atoms with Crippen LogP contribution in [0.1, 0.15) is 25.3 Å². The van der Waals surface area contributed by atoms with E-state index in [1.165, 1.54) is 4.31 Å². The van der Waals surface area contributed by atoms with E-state index in [2.05, 4.69) is 5.32 Å². The summed E-state index contributed by atoms with van der Waals surface area (Å²) in [5.41, 5.74) is 2.12. The maximum absolute atomic E-state index is 12.3. The molecule has 29 heavy (non-hydrogen) atoms. The summed E-state index contributed by atoms with van der Waals surface area (Å²) in [5.74, 6) is 0.325. The minimum absolute atomic E-state index is 0.175. The number of ether oxygens (including phenoxy) is 2. The summed E-state index contributed by atoms with van der Waals surface area (Å²) in [5, 5.41) is 2.84. The van der Waals surface area contributed by atoms with Crippen LogP contribution in [0, 0.1) is 0 Å². The van der Waals surface area contributed by atoms with E-state index in [-0.39, 0.29) is 18.9 Å². The van der Waals surface area contributed by atoms with Crippen LogP contribution in [0.3, 0.4) is 0 Å². The number of hydrogen-bond acceptors (Lipinski definition) is 5. The smallest absolute Gasteiger partial charge is 0.232 e. The van der Waals surface area contributed by atoms with Crippen LogP contribution in [0.2, 0.25) is 0 Å². The van der Waals surface area contributed by atoms with E-state index >= 15 is 0 Å². The highest BCUT2D eigenvalue weighted by Crippen LogP contribution is 2.30. The molecule has 0 aliphatic carbocycles. The van der Waals surface area contributed by atoms with Gasteiger partial charge in [0.25, 0.3) is 0 Å². The minimum atomic E-state index is -3.52. The van der Waals surface area contributed by atoms with Gasteiger partial charge < -0.3 is 14.8 Å². The predicted molar refractivity (Wildman–Crippen MR) is 115 cm³/mol. The molecule has 0 saturated heterocycles. The monoisotopic (exact) mass is 420 g/mol. The zero-order valence-electron chi connectivity index (χ0n) is 17.1. The molecule has 7 nitrogen and oxygen atoms in total. The number of anilines is 2. The van der Waals surface area contributed by atoms with E-state index in [4.69, 9.17) is 9.47 Å². The van der Waals surface area contributed by atoms with Gasteiger partial charge in [0.1, 0.15) is 5.75 Å². The predicted octanol–water partition coefficient (Wildman–Crippen LogP) is 3.42. The van der Waals surface area contributed by atoms with Gasteiger partial charge in [-0.05, 0) is 43.2 Å². The molecule has 2 aromatic carbocycles. The number of amides is 1. The van der Waals surface area contributed by atoms with E-state index in [1.807, 2.05) is 25.1 Å². The highest BCUT2D eigenvalue weighted by molar-refractivity contribution is 7.92. The number of rotatable bonds is 11. The van der Waals surface area contributed by atoms with Crippen LogP contribution in [0.15, 0.2) is 48.5 Å². The summed E-state index contributed by atoms with van der Waals surface area (Å²) in [7, 11) is -1.91. The highest BCUT2D eigenvalue weighted by atomic mass is 32.2. The van der Waals surface area contributed by atoms with Crippen molar-refractivity contribution in [2.24, 2.45) is 0 Å². The second-order valence-electron chi connectivity index (χ2n) is 6.52. The Bertz CT molecular complexity index is 915. The van der Waals surface area contributed by atoms with E-state index in [0.717, 1.165) is 11.8 Å². The number of sulfonamides is 1. The molecule has 0 heterocycles. The SMILES string of the molecule is CCOc1ccccc1N(CCCC(=O)Nc1cccc(COC)c1)S(C)(=O)=O. The Morgan fingerprint density at radius 1 is 1.14 bits per heavy atom. The second-order valence-corrected chi connectivity index (χ2v) is 8.43. The van der Waals surface area contributed by atoms with E-state index in [0.29, 0.717) is 36.8 Å². The number of carbonyl (C=O) groups excluding carboxylic acids is 1. The highest BCUT2D eigenvalue weighted by Gasteiger charge is 2.21. The van der Waals surface area contributed by atoms with Crippen LogP contribution in [-0.4, -0.2) is 40.8 Å². The van der Waals surface area contributed by atoms with Crippen molar-refractivity contribution in [2.45, 2.75) is 26.4 Å². The largest absolute Gasteiger partial charge is 0.492 e. The van der Waals surface area contributed by atoms with Crippen molar-refractivity contribution >= 4 is 27.3 Å². The minimum Gasteiger partial charge on any atom is -0.492 e. The zero-order chi connectivity index (χ0) is 21.3. The quantitative estimate of drug-likeness (QED) is 0.602. The first-order chi connectivity index (χ1) is 13.8. The number of benzene rings is 2. The van der Waals surface area contributed by atoms with E-state index in [9.17, 15) is 13.2 Å². The van der Waals surface area contributed by atoms with Crippen LogP contribution >= 0.6 is 0 Å². The molecular formula is C21H28N2O5S. The fraction of sp³-hybridized carbons (Fsp3) is 0.381. The van der Waals surface area contributed by atoms with Crippen molar-refractivity contribution < 1.29 is 22.7 Å². The molecule has 2 rings (SSSR count). The maximum atomic E-state index is 12.3. The third kappa shape index (κ3) is 7.07. The van der Waals surface area contributed by atoms with Gasteiger partial charge >= 0.3 is 0 Å². The lowest BCUT2D eigenvalue weighted by Gasteiger charge is -2.24. The van der Waals surface area contributed by atoms with Crippen LogP contribution in [0.5, 0.6) is 5.75 Å². The fourth-order valence-corrected chi connectivity index (χ4v) is 3.89. The van der Waals surface area contributed by atoms with Gasteiger partial charge in [0, 0.05) is 25.8 Å². The summed E-state index contributed by atoms with van der Waals surface area (Å²) < 4.78 is 36.6. The number of nitrogens with zero attached hydrogens (tertiary/aromatic N) is 1. The summed E-state index contributed by atoms with van der Waals surface area (Å²) in [6.07, 6.45) is 1.71. The van der Waals surface area contributed by atoms with Crippen LogP contribution in [0.25, 0.3) is 0 Å². The van der Waals surface area contributed by atoms with Crippen molar-refractivity contribution in [3.05, 3.63) is 54.1 Å². The van der Waals surface area contributed by atoms with Crippen molar-refractivity contribution in [3.8, 4) is 5.75 Å². The first-order valence-electron chi connectivity index (χ1n) is 9.42. The third-order valence-corrected chi connectivity index (χ3v) is 5.30. The van der Waals surface area contributed by atoms with Crippen molar-refractivity contribution in [3.63, 3.8) is 0 Å². The summed E-state index contributed by atoms with van der Waals surface area (Å²) in [6, 6.07) is 14.4. The van der Waals surface area contributed by atoms with Crippen molar-refractivity contribution in [2.75, 3.05) is 36.1 Å². The number of carbonyl (C=O) groups is 1. The number of para-hydroxylation sites is 2. The molecule has 0 aromatic heterocycles. The Morgan fingerprint density at radius 3 is 2.59 bits per heavy atom. The molecule has 0 radical (unpaired) electrons. The van der Waals surface area contributed by atoms with Gasteiger partial charge in [-0.25, -0.2) is 8.42 Å². The van der Waals surface area contributed by atoms with E-state index in [1.54, 1.807) is 37.4 Å². The van der Waals surface area contributed by atoms with Gasteiger partial charge in [0.2, 0.25) is 15.9 Å². The molecule has 0 aliphatic heterocycles. The molecule has 0 spiro atoms. The zero-order valence-corrected chi connectivity index (χ0v) is 17.9. The molecule has 158 valence electrons. The molecule has 0 saturated carbocycles. The molecule has 0 aliphatic rings. The third-order valence-electron chi connectivity index (χ3n) is 4.12. The van der Waals surface area contributed by atoms with Crippen LogP contribution in [-0.2, 0) is 26.2 Å². The number of hydrogen-bond donors (Lipinski definition) is 1. The second kappa shape index (κ2) is 10.8. The first-order valence-corrected chi connectivity index (χ1v) is 11.3. The lowest BCUT2D eigenvalue weighted by atomic mass is 10.2. The number of nitrogens with one attached hydrogen (secondary N) is 1. The first kappa shape index (κ1) is 22.7. The molecule has 0 unspecified atom stereocenters. The molecule has 0 fully saturated rings. The van der Waals surface area contributed by atoms with Crippen LogP contribution < -0.4 is 14.4 Å². The summed E-state index contributed by atoms with van der Waals surface area (Å²) in [6.45, 7) is 2.92. The average molecular weight is 421 g/mol. The maximum Gasteiger partial charge on any atom is 0.232 e. The average Bonchev–Trinajstić information content (AvgIpc) is 2.66. The van der Waals surface area contributed by atoms with Gasteiger partial charge in [-0.2, -0.15) is 0 Å². The van der Waals surface area contributed by atoms with Crippen molar-refractivity contribution in [1.82, 2.24) is 0 Å². The van der Waals surface area contributed by atoms with Crippen LogP contribution in [0.4, 0.5) is 11.4 Å². The fourth-order valence-electron chi connectivity index (χ4n) is 2.92. The lowest BCUT2D eigenvalue weighted by Crippen LogP contribution is -2.31. The molecule has 1 amide bonds. The normalized spacial score (nSPS) is 11.1. The standard InChI is InChI=1S/C21H28N2O5S/c1-4-28-20-12-6-5-11-19(20)23(29(3,25)26)14-8-13-21(24)22-18-10-7-9-17(15-18)16-27-2/h5-7,9-12,15H,4,8,13-14,16H2,1-3H3,(H,22,24). The summed E-state index contributed by atoms with van der Waals surface area (Å²) in [4.78, 5) is 12.3. The van der Waals surface area contributed by atoms with E-state index < -0.39 is 10.0 Å². The molecule has 8 heteroatoms. The summed E-state index contributed by atoms with van der Waals surface area (Å²) >= 11 is 0. The van der Waals surface area contributed by atoms with Gasteiger partial charge in [0.05, 0.1) is 25.2 Å². The van der Waals surface area contributed by atoms with Gasteiger partial charge in [-0.1, -0.05) is 24.3 Å². The Hall–Kier alpha value is -2.58. The molecule has 1 N–H and O–H groups in total. The topological polar surface area (TPSA) is 84.9 Å². The Labute approximate surface area is 172 Å². The van der Waals surface area contributed by atoms with Gasteiger partial charge in [-0.3, -0.25) is 9.10 Å². The van der Waals surface area contributed by atoms with Gasteiger partial charge in [-0.15, -0.1) is 0 Å². The molecule has 2 aromatic rings.